The van der Waals surface area contributed by atoms with Crippen LogP contribution in [-0.4, -0.2) is 42.3 Å². The van der Waals surface area contributed by atoms with E-state index in [4.69, 9.17) is 4.74 Å². The zero-order valence-electron chi connectivity index (χ0n) is 8.82. The third-order valence-corrected chi connectivity index (χ3v) is 3.09. The number of carbonyl (C=O) groups excluding carboxylic acids is 1. The molecule has 2 heterocycles. The second kappa shape index (κ2) is 3.87. The number of nitrogens with one attached hydrogen (secondary N) is 1. The minimum atomic E-state index is -0.0273. The van der Waals surface area contributed by atoms with Gasteiger partial charge in [-0.2, -0.15) is 0 Å². The summed E-state index contributed by atoms with van der Waals surface area (Å²) in [6.07, 6.45) is 2.16. The molecule has 4 heteroatoms. The lowest BCUT2D eigenvalue weighted by molar-refractivity contribution is -0.132. The van der Waals surface area contributed by atoms with E-state index in [1.54, 1.807) is 0 Å². The first-order valence-corrected chi connectivity index (χ1v) is 5.40. The Morgan fingerprint density at radius 2 is 2.43 bits per heavy atom. The first-order valence-electron chi connectivity index (χ1n) is 5.40. The molecule has 2 fully saturated rings. The highest BCUT2D eigenvalue weighted by atomic mass is 16.5. The molecule has 3 unspecified atom stereocenters. The van der Waals surface area contributed by atoms with Crippen LogP contribution in [0.5, 0.6) is 0 Å². The molecule has 4 nitrogen and oxygen atoms in total. The van der Waals surface area contributed by atoms with E-state index in [2.05, 4.69) is 12.2 Å². The van der Waals surface area contributed by atoms with E-state index in [1.807, 2.05) is 11.8 Å². The molecule has 0 bridgehead atoms. The van der Waals surface area contributed by atoms with Gasteiger partial charge in [-0.05, 0) is 19.8 Å². The summed E-state index contributed by atoms with van der Waals surface area (Å²) in [5.74, 6) is 0.229. The van der Waals surface area contributed by atoms with Crippen molar-refractivity contribution in [3.8, 4) is 0 Å². The van der Waals surface area contributed by atoms with Crippen molar-refractivity contribution >= 4 is 5.91 Å². The molecular formula is C10H18N2O2. The van der Waals surface area contributed by atoms with Gasteiger partial charge < -0.3 is 9.64 Å². The molecule has 0 saturated carbocycles. The van der Waals surface area contributed by atoms with Gasteiger partial charge in [0, 0.05) is 6.61 Å². The van der Waals surface area contributed by atoms with Gasteiger partial charge in [-0.1, -0.05) is 6.92 Å². The average molecular weight is 198 g/mol. The van der Waals surface area contributed by atoms with E-state index in [9.17, 15) is 4.79 Å². The van der Waals surface area contributed by atoms with Crippen molar-refractivity contribution in [3.63, 3.8) is 0 Å². The van der Waals surface area contributed by atoms with Crippen LogP contribution in [0.4, 0.5) is 0 Å². The monoisotopic (exact) mass is 198 g/mol. The lowest BCUT2D eigenvalue weighted by Crippen LogP contribution is -2.44. The number of nitrogens with zero attached hydrogens (tertiary/aromatic N) is 1. The zero-order valence-corrected chi connectivity index (χ0v) is 8.82. The van der Waals surface area contributed by atoms with Gasteiger partial charge in [0.05, 0.1) is 24.9 Å². The van der Waals surface area contributed by atoms with Crippen LogP contribution in [0.15, 0.2) is 0 Å². The molecule has 0 radical (unpaired) electrons. The van der Waals surface area contributed by atoms with E-state index in [0.29, 0.717) is 12.6 Å². The van der Waals surface area contributed by atoms with Gasteiger partial charge in [-0.3, -0.25) is 10.1 Å². The van der Waals surface area contributed by atoms with Gasteiger partial charge in [0.1, 0.15) is 0 Å². The summed E-state index contributed by atoms with van der Waals surface area (Å²) >= 11 is 0. The number of carbonyl (C=O) groups is 1. The molecule has 3 atom stereocenters. The van der Waals surface area contributed by atoms with E-state index in [0.717, 1.165) is 19.4 Å². The summed E-state index contributed by atoms with van der Waals surface area (Å²) in [6.45, 7) is 5.53. The third kappa shape index (κ3) is 1.53. The Morgan fingerprint density at radius 1 is 1.64 bits per heavy atom. The summed E-state index contributed by atoms with van der Waals surface area (Å²) in [7, 11) is 0. The quantitative estimate of drug-likeness (QED) is 0.695. The normalized spacial score (nSPS) is 38.3. The number of amides is 1. The second-order valence-electron chi connectivity index (χ2n) is 4.08. The topological polar surface area (TPSA) is 41.6 Å². The zero-order chi connectivity index (χ0) is 10.1. The third-order valence-electron chi connectivity index (χ3n) is 3.09. The summed E-state index contributed by atoms with van der Waals surface area (Å²) in [6, 6.07) is 0.269. The van der Waals surface area contributed by atoms with Gasteiger partial charge in [0.2, 0.25) is 5.91 Å². The smallest absolute Gasteiger partial charge is 0.241 e. The van der Waals surface area contributed by atoms with Crippen LogP contribution in [0.25, 0.3) is 0 Å². The fourth-order valence-corrected chi connectivity index (χ4v) is 2.31. The molecule has 1 amide bonds. The van der Waals surface area contributed by atoms with Gasteiger partial charge in [0.25, 0.3) is 0 Å². The molecule has 2 aliphatic rings. The number of ether oxygens (including phenoxy) is 1. The van der Waals surface area contributed by atoms with Crippen LogP contribution >= 0.6 is 0 Å². The Kier molecular flexibility index (Phi) is 2.74. The summed E-state index contributed by atoms with van der Waals surface area (Å²) in [5, 5.41) is 3.30. The summed E-state index contributed by atoms with van der Waals surface area (Å²) in [4.78, 5) is 13.9. The Bertz CT molecular complexity index is 224. The Hall–Kier alpha value is -0.610. The van der Waals surface area contributed by atoms with Crippen molar-refractivity contribution in [2.24, 2.45) is 0 Å². The molecule has 1 N–H and O–H groups in total. The highest BCUT2D eigenvalue weighted by Crippen LogP contribution is 2.21. The van der Waals surface area contributed by atoms with E-state index in [1.165, 1.54) is 0 Å². The molecule has 0 aromatic rings. The van der Waals surface area contributed by atoms with E-state index < -0.39 is 0 Å². The summed E-state index contributed by atoms with van der Waals surface area (Å²) in [5.41, 5.74) is 0. The van der Waals surface area contributed by atoms with Gasteiger partial charge in [-0.15, -0.1) is 0 Å². The number of hydrogen-bond acceptors (Lipinski definition) is 3. The van der Waals surface area contributed by atoms with Crippen molar-refractivity contribution in [3.05, 3.63) is 0 Å². The minimum absolute atomic E-state index is 0.0273. The Morgan fingerprint density at radius 3 is 3.00 bits per heavy atom. The van der Waals surface area contributed by atoms with Crippen LogP contribution in [0, 0.1) is 0 Å². The van der Waals surface area contributed by atoms with Gasteiger partial charge >= 0.3 is 0 Å². The molecule has 2 rings (SSSR count). The Balaban J connectivity index is 2.09. The maximum absolute atomic E-state index is 11.9. The van der Waals surface area contributed by atoms with Crippen LogP contribution in [0.2, 0.25) is 0 Å². The van der Waals surface area contributed by atoms with Crippen LogP contribution in [-0.2, 0) is 9.53 Å². The first kappa shape index (κ1) is 9.93. The fraction of sp³-hybridized carbons (Fsp3) is 0.900. The molecule has 2 saturated heterocycles. The SMILES string of the molecule is CCC1NC(C)C(=O)N1C1CCOC1. The standard InChI is InChI=1S/C10H18N2O2/c1-3-9-11-7(2)10(13)12(9)8-4-5-14-6-8/h7-9,11H,3-6H2,1-2H3. The lowest BCUT2D eigenvalue weighted by Gasteiger charge is -2.28. The lowest BCUT2D eigenvalue weighted by atomic mass is 10.2. The molecule has 2 aliphatic heterocycles. The van der Waals surface area contributed by atoms with Crippen LogP contribution < -0.4 is 5.32 Å². The van der Waals surface area contributed by atoms with E-state index in [-0.39, 0.29) is 18.1 Å². The molecule has 0 aromatic heterocycles. The number of hydrogen-bond donors (Lipinski definition) is 1. The van der Waals surface area contributed by atoms with Gasteiger partial charge in [-0.25, -0.2) is 0 Å². The van der Waals surface area contributed by atoms with Crippen molar-refractivity contribution in [1.82, 2.24) is 10.2 Å². The molecular weight excluding hydrogens is 180 g/mol. The molecule has 80 valence electrons. The first-order chi connectivity index (χ1) is 6.74. The molecule has 0 spiro atoms. The maximum atomic E-state index is 11.9. The largest absolute Gasteiger partial charge is 0.379 e. The van der Waals surface area contributed by atoms with Crippen LogP contribution in [0.3, 0.4) is 0 Å². The van der Waals surface area contributed by atoms with Crippen molar-refractivity contribution in [2.45, 2.75) is 44.9 Å². The van der Waals surface area contributed by atoms with Crippen molar-refractivity contribution in [1.29, 1.82) is 0 Å². The van der Waals surface area contributed by atoms with E-state index >= 15 is 0 Å². The predicted molar refractivity (Wildman–Crippen MR) is 52.7 cm³/mol. The van der Waals surface area contributed by atoms with Crippen LogP contribution in [0.1, 0.15) is 26.7 Å². The highest BCUT2D eigenvalue weighted by molar-refractivity contribution is 5.84. The van der Waals surface area contributed by atoms with Gasteiger partial charge in [0.15, 0.2) is 0 Å². The maximum Gasteiger partial charge on any atom is 0.241 e. The Labute approximate surface area is 84.6 Å². The second-order valence-corrected chi connectivity index (χ2v) is 4.08. The highest BCUT2D eigenvalue weighted by Gasteiger charge is 2.40. The molecule has 0 aromatic carbocycles. The minimum Gasteiger partial charge on any atom is -0.379 e. The van der Waals surface area contributed by atoms with Crippen molar-refractivity contribution < 1.29 is 9.53 Å². The number of rotatable bonds is 2. The average Bonchev–Trinajstić information content (AvgIpc) is 2.76. The summed E-state index contributed by atoms with van der Waals surface area (Å²) < 4.78 is 5.32. The molecule has 0 aliphatic carbocycles. The fourth-order valence-electron chi connectivity index (χ4n) is 2.31. The predicted octanol–water partition coefficient (Wildman–Crippen LogP) is 0.332. The van der Waals surface area contributed by atoms with Crippen molar-refractivity contribution in [2.75, 3.05) is 13.2 Å². The molecule has 14 heavy (non-hydrogen) atoms.